The van der Waals surface area contributed by atoms with Crippen molar-refractivity contribution in [3.63, 3.8) is 0 Å². The molecule has 7 nitrogen and oxygen atoms in total. The van der Waals surface area contributed by atoms with Gasteiger partial charge >= 0.3 is 11.9 Å². The molecule has 8 heteroatoms. The van der Waals surface area contributed by atoms with Gasteiger partial charge in [0.2, 0.25) is 5.91 Å². The predicted octanol–water partition coefficient (Wildman–Crippen LogP) is 1.43. The van der Waals surface area contributed by atoms with Crippen molar-refractivity contribution in [2.24, 2.45) is 17.1 Å². The number of nitrogens with one attached hydrogen (secondary N) is 1. The van der Waals surface area contributed by atoms with Crippen LogP contribution in [0.5, 0.6) is 0 Å². The normalized spacial score (nSPS) is 20.3. The zero-order chi connectivity index (χ0) is 18.3. The fourth-order valence-electron chi connectivity index (χ4n) is 2.20. The van der Waals surface area contributed by atoms with Gasteiger partial charge in [-0.25, -0.2) is 4.79 Å². The molecule has 0 bridgehead atoms. The number of allylic oxidation sites excluding steroid dienone is 1. The maximum Gasteiger partial charge on any atom is 0.352 e. The summed E-state index contributed by atoms with van der Waals surface area (Å²) in [6.45, 7) is 3.96. The lowest BCUT2D eigenvalue weighted by atomic mass is 10.1. The average Bonchev–Trinajstić information content (AvgIpc) is 3.13. The number of carbonyl (C=O) groups is 3. The van der Waals surface area contributed by atoms with Gasteiger partial charge in [0, 0.05) is 11.7 Å². The first-order valence-corrected chi connectivity index (χ1v) is 9.11. The molecule has 0 aliphatic heterocycles. The highest BCUT2D eigenvalue weighted by Crippen LogP contribution is 2.51. The Kier molecular flexibility index (Phi) is 7.75. The summed E-state index contributed by atoms with van der Waals surface area (Å²) in [7, 11) is 0. The standard InChI is InChI=1S/C16H26N2O5S/c1-16(2)8-10(16)13(19)18-12(15(22)23)6-4-3-5-7-24-9-11(17)14(20)21/h6,10-11H,3-5,7-9,17H2,1-2H3,(H,18,19)(H,20,21)(H,22,23)/b12-6-/t10?,11-/m0/s1. The van der Waals surface area contributed by atoms with Crippen LogP contribution < -0.4 is 11.1 Å². The van der Waals surface area contributed by atoms with Crippen LogP contribution in [0, 0.1) is 11.3 Å². The number of aliphatic carboxylic acids is 2. The van der Waals surface area contributed by atoms with E-state index in [0.717, 1.165) is 25.0 Å². The summed E-state index contributed by atoms with van der Waals surface area (Å²) in [5.41, 5.74) is 5.28. The summed E-state index contributed by atoms with van der Waals surface area (Å²) < 4.78 is 0. The average molecular weight is 358 g/mol. The minimum atomic E-state index is -1.14. The van der Waals surface area contributed by atoms with Gasteiger partial charge in [-0.3, -0.25) is 9.59 Å². The fraction of sp³-hybridized carbons (Fsp3) is 0.688. The van der Waals surface area contributed by atoms with Crippen molar-refractivity contribution in [2.45, 2.75) is 45.6 Å². The molecule has 1 unspecified atom stereocenters. The molecule has 0 radical (unpaired) electrons. The molecule has 5 N–H and O–H groups in total. The number of hydrogen-bond donors (Lipinski definition) is 4. The first-order chi connectivity index (χ1) is 11.1. The fourth-order valence-corrected chi connectivity index (χ4v) is 3.17. The van der Waals surface area contributed by atoms with E-state index in [-0.39, 0.29) is 22.9 Å². The van der Waals surface area contributed by atoms with E-state index >= 15 is 0 Å². The van der Waals surface area contributed by atoms with Gasteiger partial charge in [0.1, 0.15) is 11.7 Å². The number of unbranched alkanes of at least 4 members (excludes halogenated alkanes) is 2. The second-order valence-corrected chi connectivity index (χ2v) is 7.82. The number of hydrogen-bond acceptors (Lipinski definition) is 5. The van der Waals surface area contributed by atoms with E-state index in [0.29, 0.717) is 12.2 Å². The molecule has 1 saturated carbocycles. The van der Waals surface area contributed by atoms with Crippen molar-refractivity contribution >= 4 is 29.6 Å². The van der Waals surface area contributed by atoms with E-state index < -0.39 is 18.0 Å². The van der Waals surface area contributed by atoms with Crippen LogP contribution in [-0.2, 0) is 14.4 Å². The van der Waals surface area contributed by atoms with Gasteiger partial charge in [-0.2, -0.15) is 11.8 Å². The molecule has 0 heterocycles. The molecule has 136 valence electrons. The number of nitrogens with two attached hydrogens (primary N) is 1. The lowest BCUT2D eigenvalue weighted by molar-refractivity contribution is -0.138. The van der Waals surface area contributed by atoms with Gasteiger partial charge in [0.25, 0.3) is 0 Å². The van der Waals surface area contributed by atoms with Crippen molar-refractivity contribution < 1.29 is 24.6 Å². The number of carboxylic acids is 2. The highest BCUT2D eigenvalue weighted by molar-refractivity contribution is 7.99. The minimum Gasteiger partial charge on any atom is -0.480 e. The SMILES string of the molecule is CC1(C)CC1C(=O)N/C(=C\CCCCSC[C@H](N)C(=O)O)C(=O)O. The van der Waals surface area contributed by atoms with E-state index in [2.05, 4.69) is 5.32 Å². The van der Waals surface area contributed by atoms with Crippen LogP contribution in [0.3, 0.4) is 0 Å². The zero-order valence-electron chi connectivity index (χ0n) is 14.1. The number of rotatable bonds is 11. The van der Waals surface area contributed by atoms with Gasteiger partial charge in [0.05, 0.1) is 0 Å². The molecule has 1 amide bonds. The predicted molar refractivity (Wildman–Crippen MR) is 92.5 cm³/mol. The quantitative estimate of drug-likeness (QED) is 0.325. The van der Waals surface area contributed by atoms with E-state index in [9.17, 15) is 14.4 Å². The Morgan fingerprint density at radius 1 is 1.33 bits per heavy atom. The Bertz CT molecular complexity index is 519. The maximum atomic E-state index is 12.0. The molecule has 0 spiro atoms. The van der Waals surface area contributed by atoms with Gasteiger partial charge in [-0.15, -0.1) is 0 Å². The van der Waals surface area contributed by atoms with Crippen molar-refractivity contribution in [3.8, 4) is 0 Å². The first kappa shape index (κ1) is 20.5. The maximum absolute atomic E-state index is 12.0. The smallest absolute Gasteiger partial charge is 0.352 e. The number of amides is 1. The molecule has 1 rings (SSSR count). The van der Waals surface area contributed by atoms with Gasteiger partial charge in [-0.1, -0.05) is 19.9 Å². The second kappa shape index (κ2) is 9.08. The third-order valence-corrected chi connectivity index (χ3v) is 5.20. The van der Waals surface area contributed by atoms with Crippen LogP contribution in [-0.4, -0.2) is 45.6 Å². The highest BCUT2D eigenvalue weighted by atomic mass is 32.2. The molecule has 0 aromatic carbocycles. The summed E-state index contributed by atoms with van der Waals surface area (Å²) in [6.07, 6.45) is 4.44. The summed E-state index contributed by atoms with van der Waals surface area (Å²) in [5.74, 6) is -1.37. The Labute approximate surface area is 146 Å². The summed E-state index contributed by atoms with van der Waals surface area (Å²) in [4.78, 5) is 33.7. The molecule has 24 heavy (non-hydrogen) atoms. The molecular formula is C16H26N2O5S. The van der Waals surface area contributed by atoms with Crippen LogP contribution in [0.2, 0.25) is 0 Å². The zero-order valence-corrected chi connectivity index (χ0v) is 14.9. The van der Waals surface area contributed by atoms with Gasteiger partial charge < -0.3 is 21.3 Å². The van der Waals surface area contributed by atoms with Crippen LogP contribution >= 0.6 is 11.8 Å². The van der Waals surface area contributed by atoms with E-state index in [1.54, 1.807) is 0 Å². The lowest BCUT2D eigenvalue weighted by Crippen LogP contribution is -2.32. The number of carbonyl (C=O) groups excluding carboxylic acids is 1. The molecule has 1 aliphatic rings. The largest absolute Gasteiger partial charge is 0.480 e. The third kappa shape index (κ3) is 6.92. The molecule has 0 aromatic rings. The van der Waals surface area contributed by atoms with Crippen LogP contribution in [0.25, 0.3) is 0 Å². The molecule has 2 atom stereocenters. The molecular weight excluding hydrogens is 332 g/mol. The number of thioether (sulfide) groups is 1. The van der Waals surface area contributed by atoms with Crippen LogP contribution in [0.1, 0.15) is 39.5 Å². The van der Waals surface area contributed by atoms with E-state index in [1.165, 1.54) is 17.8 Å². The van der Waals surface area contributed by atoms with Crippen molar-refractivity contribution in [3.05, 3.63) is 11.8 Å². The minimum absolute atomic E-state index is 0.0400. The monoisotopic (exact) mass is 358 g/mol. The Hall–Kier alpha value is -1.54. The first-order valence-electron chi connectivity index (χ1n) is 7.95. The molecule has 0 saturated heterocycles. The summed E-state index contributed by atoms with van der Waals surface area (Å²) in [6, 6.07) is -0.851. The summed E-state index contributed by atoms with van der Waals surface area (Å²) >= 11 is 1.46. The highest BCUT2D eigenvalue weighted by Gasteiger charge is 2.50. The molecule has 1 fully saturated rings. The molecule has 0 aromatic heterocycles. The lowest BCUT2D eigenvalue weighted by Gasteiger charge is -2.08. The Balaban J connectivity index is 2.25. The van der Waals surface area contributed by atoms with Crippen molar-refractivity contribution in [1.29, 1.82) is 0 Å². The van der Waals surface area contributed by atoms with Crippen LogP contribution in [0.4, 0.5) is 0 Å². The van der Waals surface area contributed by atoms with E-state index in [4.69, 9.17) is 15.9 Å². The van der Waals surface area contributed by atoms with E-state index in [1.807, 2.05) is 13.8 Å². The Morgan fingerprint density at radius 3 is 2.46 bits per heavy atom. The second-order valence-electron chi connectivity index (χ2n) is 6.67. The topological polar surface area (TPSA) is 130 Å². The molecule has 1 aliphatic carbocycles. The van der Waals surface area contributed by atoms with Crippen molar-refractivity contribution in [2.75, 3.05) is 11.5 Å². The van der Waals surface area contributed by atoms with Gasteiger partial charge in [0.15, 0.2) is 0 Å². The van der Waals surface area contributed by atoms with Crippen molar-refractivity contribution in [1.82, 2.24) is 5.32 Å². The third-order valence-electron chi connectivity index (χ3n) is 4.02. The van der Waals surface area contributed by atoms with Gasteiger partial charge in [-0.05, 0) is 36.9 Å². The summed E-state index contributed by atoms with van der Waals surface area (Å²) in [5, 5.41) is 20.3. The van der Waals surface area contributed by atoms with Crippen LogP contribution in [0.15, 0.2) is 11.8 Å². The Morgan fingerprint density at radius 2 is 1.96 bits per heavy atom. The number of carboxylic acid groups (broad SMARTS) is 2.